The van der Waals surface area contributed by atoms with E-state index in [1.807, 2.05) is 24.3 Å². The molecule has 1 N–H and O–H groups in total. The summed E-state index contributed by atoms with van der Waals surface area (Å²) >= 11 is 0. The van der Waals surface area contributed by atoms with Gasteiger partial charge in [-0.2, -0.15) is 0 Å². The number of ether oxygens (including phenoxy) is 2. The number of halogens is 1. The van der Waals surface area contributed by atoms with Gasteiger partial charge >= 0.3 is 0 Å². The zero-order chi connectivity index (χ0) is 20.6. The van der Waals surface area contributed by atoms with Crippen molar-refractivity contribution in [3.05, 3.63) is 54.3 Å². The fourth-order valence-corrected chi connectivity index (χ4v) is 2.87. The van der Waals surface area contributed by atoms with Gasteiger partial charge in [-0.3, -0.25) is 9.59 Å². The molecule has 154 valence electrons. The van der Waals surface area contributed by atoms with E-state index in [4.69, 9.17) is 9.47 Å². The van der Waals surface area contributed by atoms with E-state index in [0.717, 1.165) is 18.8 Å². The molecule has 1 fully saturated rings. The molecule has 0 aliphatic carbocycles. The Hall–Kier alpha value is -3.13. The van der Waals surface area contributed by atoms with Gasteiger partial charge in [0.1, 0.15) is 11.6 Å². The number of hydrogen-bond donors (Lipinski definition) is 1. The number of morpholine rings is 1. The number of likely N-dealkylation sites (N-methyl/N-ethyl adjacent to an activating group) is 1. The zero-order valence-electron chi connectivity index (χ0n) is 16.3. The topological polar surface area (TPSA) is 71.1 Å². The van der Waals surface area contributed by atoms with Crippen molar-refractivity contribution in [3.8, 4) is 5.75 Å². The van der Waals surface area contributed by atoms with Crippen LogP contribution in [0.15, 0.2) is 48.5 Å². The maximum Gasteiger partial charge on any atom is 0.260 e. The van der Waals surface area contributed by atoms with Gasteiger partial charge in [-0.05, 0) is 48.5 Å². The summed E-state index contributed by atoms with van der Waals surface area (Å²) in [6.45, 7) is 2.78. The third-order valence-electron chi connectivity index (χ3n) is 4.51. The number of carbonyl (C=O) groups is 2. The summed E-state index contributed by atoms with van der Waals surface area (Å²) in [6.07, 6.45) is 0. The number of nitrogens with one attached hydrogen (secondary N) is 1. The smallest absolute Gasteiger partial charge is 0.260 e. The number of carbonyl (C=O) groups excluding carboxylic acids is 2. The summed E-state index contributed by atoms with van der Waals surface area (Å²) in [5.74, 6) is -0.651. The number of nitrogens with zero attached hydrogens (tertiary/aromatic N) is 2. The van der Waals surface area contributed by atoms with Gasteiger partial charge in [0.2, 0.25) is 5.91 Å². The second kappa shape index (κ2) is 9.88. The molecule has 0 bridgehead atoms. The summed E-state index contributed by atoms with van der Waals surface area (Å²) in [5.41, 5.74) is 1.74. The van der Waals surface area contributed by atoms with Gasteiger partial charge in [0.05, 0.1) is 19.8 Å². The normalized spacial score (nSPS) is 13.7. The first-order valence-corrected chi connectivity index (χ1v) is 9.36. The highest BCUT2D eigenvalue weighted by Crippen LogP contribution is 2.19. The minimum atomic E-state index is -0.379. The van der Waals surface area contributed by atoms with Crippen LogP contribution in [0, 0.1) is 5.82 Å². The molecule has 2 aromatic rings. The van der Waals surface area contributed by atoms with Crippen LogP contribution in [-0.4, -0.2) is 63.2 Å². The van der Waals surface area contributed by atoms with Crippen molar-refractivity contribution < 1.29 is 23.5 Å². The van der Waals surface area contributed by atoms with E-state index in [1.54, 1.807) is 0 Å². The number of hydrogen-bond acceptors (Lipinski definition) is 5. The molecule has 1 aliphatic heterocycles. The molecular weight excluding hydrogens is 377 g/mol. The van der Waals surface area contributed by atoms with Crippen LogP contribution in [0.5, 0.6) is 5.75 Å². The van der Waals surface area contributed by atoms with Gasteiger partial charge in [-0.1, -0.05) is 0 Å². The molecule has 0 radical (unpaired) electrons. The van der Waals surface area contributed by atoms with Crippen LogP contribution in [0.1, 0.15) is 0 Å². The lowest BCUT2D eigenvalue weighted by molar-refractivity contribution is -0.135. The van der Waals surface area contributed by atoms with Gasteiger partial charge in [0.15, 0.2) is 6.61 Å². The quantitative estimate of drug-likeness (QED) is 0.770. The minimum absolute atomic E-state index is 0.100. The first-order valence-electron chi connectivity index (χ1n) is 9.36. The Labute approximate surface area is 169 Å². The fourth-order valence-electron chi connectivity index (χ4n) is 2.87. The lowest BCUT2D eigenvalue weighted by Gasteiger charge is -2.28. The molecular formula is C21H24FN3O4. The lowest BCUT2D eigenvalue weighted by Crippen LogP contribution is -2.37. The highest BCUT2D eigenvalue weighted by atomic mass is 19.1. The highest BCUT2D eigenvalue weighted by Gasteiger charge is 2.15. The van der Waals surface area contributed by atoms with Crippen molar-refractivity contribution in [3.63, 3.8) is 0 Å². The Balaban J connectivity index is 1.44. The molecule has 1 aliphatic rings. The molecule has 1 saturated heterocycles. The Morgan fingerprint density at radius 2 is 1.76 bits per heavy atom. The van der Waals surface area contributed by atoms with Crippen LogP contribution < -0.4 is 15.0 Å². The molecule has 0 aromatic heterocycles. The van der Waals surface area contributed by atoms with Crippen LogP contribution in [-0.2, 0) is 14.3 Å². The summed E-state index contributed by atoms with van der Waals surface area (Å²) < 4.78 is 23.5. The average Bonchev–Trinajstić information content (AvgIpc) is 2.74. The molecule has 29 heavy (non-hydrogen) atoms. The van der Waals surface area contributed by atoms with Crippen molar-refractivity contribution in [1.29, 1.82) is 0 Å². The standard InChI is InChI=1S/C21H24FN3O4/c1-24(21(27)15-29-19-8-2-16(22)3-9-19)14-20(26)23-17-4-6-18(7-5-17)25-10-12-28-13-11-25/h2-9H,10-15H2,1H3,(H,23,26). The van der Waals surface area contributed by atoms with Gasteiger partial charge in [0, 0.05) is 31.5 Å². The van der Waals surface area contributed by atoms with Crippen molar-refractivity contribution in [2.75, 3.05) is 56.7 Å². The summed E-state index contributed by atoms with van der Waals surface area (Å²) in [4.78, 5) is 27.8. The predicted molar refractivity (Wildman–Crippen MR) is 108 cm³/mol. The van der Waals surface area contributed by atoms with Crippen molar-refractivity contribution in [2.24, 2.45) is 0 Å². The Bertz CT molecular complexity index is 821. The number of rotatable bonds is 7. The predicted octanol–water partition coefficient (Wildman–Crippen LogP) is 2.14. The van der Waals surface area contributed by atoms with Crippen LogP contribution in [0.4, 0.5) is 15.8 Å². The maximum absolute atomic E-state index is 12.9. The molecule has 0 unspecified atom stereocenters. The summed E-state index contributed by atoms with van der Waals surface area (Å²) in [7, 11) is 1.53. The Morgan fingerprint density at radius 1 is 1.10 bits per heavy atom. The Morgan fingerprint density at radius 3 is 2.41 bits per heavy atom. The molecule has 2 aromatic carbocycles. The minimum Gasteiger partial charge on any atom is -0.484 e. The molecule has 3 rings (SSSR count). The van der Waals surface area contributed by atoms with Gasteiger partial charge in [-0.15, -0.1) is 0 Å². The third-order valence-corrected chi connectivity index (χ3v) is 4.51. The molecule has 0 saturated carbocycles. The number of anilines is 2. The van der Waals surface area contributed by atoms with Crippen molar-refractivity contribution in [1.82, 2.24) is 4.90 Å². The molecule has 2 amide bonds. The zero-order valence-corrected chi connectivity index (χ0v) is 16.3. The van der Waals surface area contributed by atoms with E-state index < -0.39 is 0 Å². The van der Waals surface area contributed by atoms with Crippen LogP contribution >= 0.6 is 0 Å². The van der Waals surface area contributed by atoms with Gasteiger partial charge in [-0.25, -0.2) is 4.39 Å². The van der Waals surface area contributed by atoms with Crippen molar-refractivity contribution in [2.45, 2.75) is 0 Å². The second-order valence-corrected chi connectivity index (χ2v) is 6.69. The molecule has 1 heterocycles. The largest absolute Gasteiger partial charge is 0.484 e. The third kappa shape index (κ3) is 6.18. The monoisotopic (exact) mass is 401 g/mol. The highest BCUT2D eigenvalue weighted by molar-refractivity contribution is 5.94. The Kier molecular flexibility index (Phi) is 7.02. The number of amides is 2. The molecule has 0 spiro atoms. The summed E-state index contributed by atoms with van der Waals surface area (Å²) in [6, 6.07) is 13.0. The van der Waals surface area contributed by atoms with E-state index in [1.165, 1.54) is 36.2 Å². The molecule has 8 heteroatoms. The molecule has 0 atom stereocenters. The van der Waals surface area contributed by atoms with E-state index in [2.05, 4.69) is 10.2 Å². The summed E-state index contributed by atoms with van der Waals surface area (Å²) in [5, 5.41) is 2.78. The first-order chi connectivity index (χ1) is 14.0. The molecule has 7 nitrogen and oxygen atoms in total. The van der Waals surface area contributed by atoms with Gasteiger partial charge < -0.3 is 24.6 Å². The SMILES string of the molecule is CN(CC(=O)Nc1ccc(N2CCOCC2)cc1)C(=O)COc1ccc(F)cc1. The maximum atomic E-state index is 12.9. The van der Waals surface area contributed by atoms with E-state index in [-0.39, 0.29) is 30.8 Å². The van der Waals surface area contributed by atoms with Crippen LogP contribution in [0.2, 0.25) is 0 Å². The van der Waals surface area contributed by atoms with Gasteiger partial charge in [0.25, 0.3) is 5.91 Å². The van der Waals surface area contributed by atoms with Crippen LogP contribution in [0.3, 0.4) is 0 Å². The average molecular weight is 401 g/mol. The van der Waals surface area contributed by atoms with Crippen LogP contribution in [0.25, 0.3) is 0 Å². The lowest BCUT2D eigenvalue weighted by atomic mass is 10.2. The van der Waals surface area contributed by atoms with E-state index >= 15 is 0 Å². The van der Waals surface area contributed by atoms with E-state index in [0.29, 0.717) is 24.7 Å². The van der Waals surface area contributed by atoms with E-state index in [9.17, 15) is 14.0 Å². The van der Waals surface area contributed by atoms with Crippen molar-refractivity contribution >= 4 is 23.2 Å². The second-order valence-electron chi connectivity index (χ2n) is 6.69. The fraction of sp³-hybridized carbons (Fsp3) is 0.333. The number of benzene rings is 2. The first kappa shape index (κ1) is 20.6.